The predicted molar refractivity (Wildman–Crippen MR) is 96.6 cm³/mol. The molecular formula is C17H26Cl2N2O. The Morgan fingerprint density at radius 2 is 1.41 bits per heavy atom. The van der Waals surface area contributed by atoms with Gasteiger partial charge in [0, 0.05) is 49.2 Å². The zero-order chi connectivity index (χ0) is 16.4. The third kappa shape index (κ3) is 5.69. The first-order valence-electron chi connectivity index (χ1n) is 7.94. The normalized spacial score (nSPS) is 10.5. The molecule has 0 saturated carbocycles. The van der Waals surface area contributed by atoms with Gasteiger partial charge in [0.1, 0.15) is 0 Å². The minimum Gasteiger partial charge on any atom is -0.369 e. The molecule has 0 unspecified atom stereocenters. The van der Waals surface area contributed by atoms with Gasteiger partial charge in [-0.2, -0.15) is 0 Å². The summed E-state index contributed by atoms with van der Waals surface area (Å²) in [6, 6.07) is 7.74. The van der Waals surface area contributed by atoms with Crippen LogP contribution in [0.1, 0.15) is 37.0 Å². The van der Waals surface area contributed by atoms with E-state index in [-0.39, 0.29) is 5.91 Å². The van der Waals surface area contributed by atoms with E-state index in [1.54, 1.807) is 0 Å². The highest BCUT2D eigenvalue weighted by Crippen LogP contribution is 2.17. The third-order valence-corrected chi connectivity index (χ3v) is 3.80. The highest BCUT2D eigenvalue weighted by atomic mass is 35.5. The fourth-order valence-corrected chi connectivity index (χ4v) is 2.83. The van der Waals surface area contributed by atoms with Gasteiger partial charge in [-0.25, -0.2) is 0 Å². The maximum atomic E-state index is 12.5. The van der Waals surface area contributed by atoms with Crippen molar-refractivity contribution in [1.29, 1.82) is 0 Å². The number of hydrogen-bond donors (Lipinski definition) is 0. The lowest BCUT2D eigenvalue weighted by Crippen LogP contribution is -2.32. The summed E-state index contributed by atoms with van der Waals surface area (Å²) < 4.78 is 0. The summed E-state index contributed by atoms with van der Waals surface area (Å²) in [6.07, 6.45) is 1.95. The molecule has 0 aliphatic rings. The molecule has 1 amide bonds. The summed E-state index contributed by atoms with van der Waals surface area (Å²) in [5, 5.41) is 0. The lowest BCUT2D eigenvalue weighted by atomic mass is 10.1. The van der Waals surface area contributed by atoms with Gasteiger partial charge in [0.15, 0.2) is 0 Å². The SMILES string of the molecule is CCCN(CCC)C(=O)c1ccc(N(CCCl)CCCl)cc1. The molecule has 0 N–H and O–H groups in total. The molecule has 5 heteroatoms. The molecule has 3 nitrogen and oxygen atoms in total. The molecule has 0 fully saturated rings. The third-order valence-electron chi connectivity index (χ3n) is 3.46. The highest BCUT2D eigenvalue weighted by Gasteiger charge is 2.14. The summed E-state index contributed by atoms with van der Waals surface area (Å²) in [7, 11) is 0. The van der Waals surface area contributed by atoms with Gasteiger partial charge in [0.25, 0.3) is 5.91 Å². The van der Waals surface area contributed by atoms with Gasteiger partial charge in [-0.15, -0.1) is 23.2 Å². The number of benzene rings is 1. The van der Waals surface area contributed by atoms with Crippen LogP contribution in [0.15, 0.2) is 24.3 Å². The Bertz CT molecular complexity index is 425. The van der Waals surface area contributed by atoms with E-state index in [1.165, 1.54) is 0 Å². The van der Waals surface area contributed by atoms with E-state index >= 15 is 0 Å². The second kappa shape index (κ2) is 10.7. The first-order chi connectivity index (χ1) is 10.7. The maximum Gasteiger partial charge on any atom is 0.253 e. The zero-order valence-electron chi connectivity index (χ0n) is 13.5. The molecule has 1 aromatic rings. The van der Waals surface area contributed by atoms with Crippen LogP contribution < -0.4 is 4.90 Å². The van der Waals surface area contributed by atoms with Crippen molar-refractivity contribution in [2.24, 2.45) is 0 Å². The van der Waals surface area contributed by atoms with E-state index < -0.39 is 0 Å². The zero-order valence-corrected chi connectivity index (χ0v) is 15.0. The number of alkyl halides is 2. The Labute approximate surface area is 144 Å². The number of amides is 1. The average molecular weight is 345 g/mol. The van der Waals surface area contributed by atoms with Crippen LogP contribution in [0.25, 0.3) is 0 Å². The molecule has 0 spiro atoms. The van der Waals surface area contributed by atoms with Crippen molar-refractivity contribution in [2.75, 3.05) is 42.8 Å². The summed E-state index contributed by atoms with van der Waals surface area (Å²) in [5.41, 5.74) is 1.79. The van der Waals surface area contributed by atoms with Crippen LogP contribution in [-0.4, -0.2) is 48.7 Å². The van der Waals surface area contributed by atoms with Crippen molar-refractivity contribution in [1.82, 2.24) is 4.90 Å². The average Bonchev–Trinajstić information content (AvgIpc) is 2.54. The fraction of sp³-hybridized carbons (Fsp3) is 0.588. The quantitative estimate of drug-likeness (QED) is 0.593. The largest absolute Gasteiger partial charge is 0.369 e. The minimum absolute atomic E-state index is 0.108. The number of halogens is 2. The van der Waals surface area contributed by atoms with Gasteiger partial charge in [-0.05, 0) is 37.1 Å². The summed E-state index contributed by atoms with van der Waals surface area (Å²) in [4.78, 5) is 16.6. The van der Waals surface area contributed by atoms with Gasteiger partial charge >= 0.3 is 0 Å². The standard InChI is InChI=1S/C17H26Cl2N2O/c1-3-11-21(12-4-2)17(22)15-5-7-16(8-6-15)20(13-9-18)14-10-19/h5-8H,3-4,9-14H2,1-2H3. The van der Waals surface area contributed by atoms with E-state index in [2.05, 4.69) is 18.7 Å². The fourth-order valence-electron chi connectivity index (χ4n) is 2.43. The van der Waals surface area contributed by atoms with Crippen molar-refractivity contribution in [3.63, 3.8) is 0 Å². The molecule has 124 valence electrons. The molecule has 1 rings (SSSR count). The highest BCUT2D eigenvalue weighted by molar-refractivity contribution is 6.18. The van der Waals surface area contributed by atoms with Gasteiger partial charge < -0.3 is 9.80 Å². The maximum absolute atomic E-state index is 12.5. The van der Waals surface area contributed by atoms with Crippen molar-refractivity contribution < 1.29 is 4.79 Å². The van der Waals surface area contributed by atoms with E-state index in [4.69, 9.17) is 23.2 Å². The lowest BCUT2D eigenvalue weighted by molar-refractivity contribution is 0.0755. The number of nitrogens with zero attached hydrogens (tertiary/aromatic N) is 2. The van der Waals surface area contributed by atoms with Crippen molar-refractivity contribution >= 4 is 34.8 Å². The van der Waals surface area contributed by atoms with Crippen LogP contribution in [0.3, 0.4) is 0 Å². The monoisotopic (exact) mass is 344 g/mol. The van der Waals surface area contributed by atoms with E-state index in [0.717, 1.165) is 50.3 Å². The molecule has 0 aromatic heterocycles. The second-order valence-corrected chi connectivity index (χ2v) is 5.96. The van der Waals surface area contributed by atoms with Gasteiger partial charge in [0.2, 0.25) is 0 Å². The van der Waals surface area contributed by atoms with Crippen molar-refractivity contribution in [3.05, 3.63) is 29.8 Å². The number of anilines is 1. The summed E-state index contributed by atoms with van der Waals surface area (Å²) >= 11 is 11.7. The molecule has 22 heavy (non-hydrogen) atoms. The molecule has 0 heterocycles. The Kier molecular flexibility index (Phi) is 9.33. The first kappa shape index (κ1) is 19.1. The Morgan fingerprint density at radius 1 is 0.909 bits per heavy atom. The second-order valence-electron chi connectivity index (χ2n) is 5.20. The molecular weight excluding hydrogens is 319 g/mol. The topological polar surface area (TPSA) is 23.6 Å². The first-order valence-corrected chi connectivity index (χ1v) is 9.01. The van der Waals surface area contributed by atoms with E-state index in [1.807, 2.05) is 29.2 Å². The molecule has 0 aliphatic carbocycles. The number of rotatable bonds is 10. The van der Waals surface area contributed by atoms with Gasteiger partial charge in [0.05, 0.1) is 0 Å². The smallest absolute Gasteiger partial charge is 0.253 e. The minimum atomic E-state index is 0.108. The van der Waals surface area contributed by atoms with Crippen LogP contribution in [-0.2, 0) is 0 Å². The van der Waals surface area contributed by atoms with Crippen LogP contribution in [0.4, 0.5) is 5.69 Å². The molecule has 0 atom stereocenters. The Morgan fingerprint density at radius 3 is 1.82 bits per heavy atom. The van der Waals surface area contributed by atoms with E-state index in [0.29, 0.717) is 11.8 Å². The van der Waals surface area contributed by atoms with Crippen LogP contribution in [0.5, 0.6) is 0 Å². The van der Waals surface area contributed by atoms with Crippen molar-refractivity contribution in [2.45, 2.75) is 26.7 Å². The summed E-state index contributed by atoms with van der Waals surface area (Å²) in [5.74, 6) is 1.22. The number of carbonyl (C=O) groups excluding carboxylic acids is 1. The van der Waals surface area contributed by atoms with Crippen LogP contribution in [0, 0.1) is 0 Å². The van der Waals surface area contributed by atoms with Gasteiger partial charge in [-0.1, -0.05) is 13.8 Å². The van der Waals surface area contributed by atoms with Crippen LogP contribution in [0.2, 0.25) is 0 Å². The van der Waals surface area contributed by atoms with E-state index in [9.17, 15) is 4.79 Å². The van der Waals surface area contributed by atoms with Gasteiger partial charge in [-0.3, -0.25) is 4.79 Å². The summed E-state index contributed by atoms with van der Waals surface area (Å²) in [6.45, 7) is 7.29. The van der Waals surface area contributed by atoms with Crippen LogP contribution >= 0.6 is 23.2 Å². The molecule has 1 aromatic carbocycles. The lowest BCUT2D eigenvalue weighted by Gasteiger charge is -2.24. The Hall–Kier alpha value is -0.930. The number of hydrogen-bond acceptors (Lipinski definition) is 2. The molecule has 0 radical (unpaired) electrons. The molecule has 0 aliphatic heterocycles. The Balaban J connectivity index is 2.83. The number of carbonyl (C=O) groups is 1. The molecule has 0 saturated heterocycles. The molecule has 0 bridgehead atoms. The predicted octanol–water partition coefficient (Wildman–Crippen LogP) is 4.23. The van der Waals surface area contributed by atoms with Crippen molar-refractivity contribution in [3.8, 4) is 0 Å².